The number of benzene rings is 1. The molecule has 2 N–H and O–H groups in total. The summed E-state index contributed by atoms with van der Waals surface area (Å²) >= 11 is 1.20. The Hall–Kier alpha value is -2.81. The molecule has 3 rings (SSSR count). The largest absolute Gasteiger partial charge is 0.331 e. The van der Waals surface area contributed by atoms with Gasteiger partial charge in [-0.25, -0.2) is 9.37 Å². The molecule has 0 aliphatic heterocycles. The fourth-order valence-electron chi connectivity index (χ4n) is 3.78. The van der Waals surface area contributed by atoms with Gasteiger partial charge in [0.1, 0.15) is 12.4 Å². The van der Waals surface area contributed by atoms with Gasteiger partial charge < -0.3 is 15.5 Å². The third-order valence-electron chi connectivity index (χ3n) is 5.46. The lowest BCUT2D eigenvalue weighted by molar-refractivity contribution is -0.141. The molecule has 0 bridgehead atoms. The van der Waals surface area contributed by atoms with Crippen LogP contribution in [0.4, 0.5) is 15.2 Å². The van der Waals surface area contributed by atoms with Gasteiger partial charge in [-0.05, 0) is 38.8 Å². The fraction of sp³-hybridized carbons (Fsp3) is 0.478. The third kappa shape index (κ3) is 6.59. The Kier molecular flexibility index (Phi) is 8.33. The highest BCUT2D eigenvalue weighted by Gasteiger charge is 2.29. The number of amides is 3. The lowest BCUT2D eigenvalue weighted by Gasteiger charge is -2.31. The van der Waals surface area contributed by atoms with Crippen molar-refractivity contribution in [1.82, 2.24) is 9.88 Å². The number of carbonyl (C=O) groups excluding carboxylic acids is 3. The molecule has 172 valence electrons. The van der Waals surface area contributed by atoms with Crippen molar-refractivity contribution in [3.63, 3.8) is 0 Å². The van der Waals surface area contributed by atoms with Crippen LogP contribution in [0.1, 0.15) is 51.6 Å². The minimum Gasteiger partial charge on any atom is -0.331 e. The summed E-state index contributed by atoms with van der Waals surface area (Å²) in [7, 11) is 0. The first-order chi connectivity index (χ1) is 15.3. The molecule has 0 unspecified atom stereocenters. The number of para-hydroxylation sites is 1. The SMILES string of the molecule is CC(C)N(CC(=O)Nc1nc(CC(=O)Nc2ccccc2F)cs1)C(=O)C1CCCCC1. The Morgan fingerprint density at radius 2 is 1.84 bits per heavy atom. The average molecular weight is 461 g/mol. The maximum absolute atomic E-state index is 13.7. The molecule has 1 aliphatic rings. The zero-order chi connectivity index (χ0) is 23.1. The molecule has 0 saturated heterocycles. The quantitative estimate of drug-likeness (QED) is 0.617. The van der Waals surface area contributed by atoms with Crippen LogP contribution in [0.5, 0.6) is 0 Å². The normalized spacial score (nSPS) is 14.2. The zero-order valence-corrected chi connectivity index (χ0v) is 19.2. The van der Waals surface area contributed by atoms with Crippen molar-refractivity contribution >= 4 is 39.9 Å². The molecule has 9 heteroatoms. The summed E-state index contributed by atoms with van der Waals surface area (Å²) in [6, 6.07) is 5.85. The number of rotatable bonds is 8. The number of carbonyl (C=O) groups is 3. The predicted molar refractivity (Wildman–Crippen MR) is 123 cm³/mol. The van der Waals surface area contributed by atoms with E-state index in [4.69, 9.17) is 0 Å². The maximum Gasteiger partial charge on any atom is 0.245 e. The van der Waals surface area contributed by atoms with Gasteiger partial charge in [0.05, 0.1) is 17.8 Å². The van der Waals surface area contributed by atoms with Crippen LogP contribution in [0.2, 0.25) is 0 Å². The topological polar surface area (TPSA) is 91.4 Å². The smallest absolute Gasteiger partial charge is 0.245 e. The van der Waals surface area contributed by atoms with Crippen molar-refractivity contribution in [2.24, 2.45) is 5.92 Å². The molecule has 3 amide bonds. The predicted octanol–water partition coefficient (Wildman–Crippen LogP) is 4.22. The van der Waals surface area contributed by atoms with Gasteiger partial charge in [0, 0.05) is 17.3 Å². The second-order valence-electron chi connectivity index (χ2n) is 8.29. The summed E-state index contributed by atoms with van der Waals surface area (Å²) < 4.78 is 13.7. The zero-order valence-electron chi connectivity index (χ0n) is 18.4. The Balaban J connectivity index is 1.53. The van der Waals surface area contributed by atoms with Gasteiger partial charge in [-0.2, -0.15) is 0 Å². The summed E-state index contributed by atoms with van der Waals surface area (Å²) in [6.45, 7) is 3.78. The molecule has 0 radical (unpaired) electrons. The molecule has 1 heterocycles. The van der Waals surface area contributed by atoms with Crippen molar-refractivity contribution < 1.29 is 18.8 Å². The van der Waals surface area contributed by atoms with Crippen LogP contribution in [-0.4, -0.2) is 40.2 Å². The van der Waals surface area contributed by atoms with Crippen LogP contribution in [-0.2, 0) is 20.8 Å². The van der Waals surface area contributed by atoms with Crippen molar-refractivity contribution in [1.29, 1.82) is 0 Å². The van der Waals surface area contributed by atoms with Gasteiger partial charge in [0.25, 0.3) is 0 Å². The summed E-state index contributed by atoms with van der Waals surface area (Å²) in [4.78, 5) is 43.5. The Labute approximate surface area is 191 Å². The molecular weight excluding hydrogens is 431 g/mol. The van der Waals surface area contributed by atoms with E-state index in [0.29, 0.717) is 10.8 Å². The van der Waals surface area contributed by atoms with Gasteiger partial charge in [-0.3, -0.25) is 14.4 Å². The molecule has 1 saturated carbocycles. The van der Waals surface area contributed by atoms with E-state index in [1.807, 2.05) is 13.8 Å². The summed E-state index contributed by atoms with van der Waals surface area (Å²) in [5.74, 6) is -1.19. The van der Waals surface area contributed by atoms with E-state index >= 15 is 0 Å². The van der Waals surface area contributed by atoms with E-state index in [1.54, 1.807) is 22.4 Å². The Morgan fingerprint density at radius 3 is 2.53 bits per heavy atom. The molecule has 0 atom stereocenters. The molecule has 1 aliphatic carbocycles. The lowest BCUT2D eigenvalue weighted by Crippen LogP contribution is -2.45. The minimum absolute atomic E-state index is 0.00150. The van der Waals surface area contributed by atoms with Crippen molar-refractivity contribution in [2.45, 2.75) is 58.4 Å². The first kappa shape index (κ1) is 23.8. The van der Waals surface area contributed by atoms with E-state index < -0.39 is 11.7 Å². The Bertz CT molecular complexity index is 956. The van der Waals surface area contributed by atoms with E-state index in [0.717, 1.165) is 32.1 Å². The average Bonchev–Trinajstić information content (AvgIpc) is 3.20. The van der Waals surface area contributed by atoms with Crippen LogP contribution >= 0.6 is 11.3 Å². The molecule has 0 spiro atoms. The highest BCUT2D eigenvalue weighted by Crippen LogP contribution is 2.26. The number of anilines is 2. The van der Waals surface area contributed by atoms with E-state index in [-0.39, 0.29) is 42.4 Å². The number of thiazole rings is 1. The standard InChI is InChI=1S/C23H29FN4O3S/c1-15(2)28(22(31)16-8-4-3-5-9-16)13-21(30)27-23-25-17(14-32-23)12-20(29)26-19-11-7-6-10-18(19)24/h6-7,10-11,14-16H,3-5,8-9,12-13H2,1-2H3,(H,26,29)(H,25,27,30). The van der Waals surface area contributed by atoms with Gasteiger partial charge in [-0.1, -0.05) is 31.4 Å². The van der Waals surface area contributed by atoms with Crippen LogP contribution < -0.4 is 10.6 Å². The van der Waals surface area contributed by atoms with Crippen LogP contribution in [0, 0.1) is 11.7 Å². The van der Waals surface area contributed by atoms with Crippen LogP contribution in [0.15, 0.2) is 29.6 Å². The monoisotopic (exact) mass is 460 g/mol. The number of nitrogens with one attached hydrogen (secondary N) is 2. The first-order valence-corrected chi connectivity index (χ1v) is 11.8. The van der Waals surface area contributed by atoms with Crippen molar-refractivity contribution in [2.75, 3.05) is 17.2 Å². The van der Waals surface area contributed by atoms with Gasteiger partial charge in [0.15, 0.2) is 5.13 Å². The summed E-state index contributed by atoms with van der Waals surface area (Å²) in [5, 5.41) is 7.26. The van der Waals surface area contributed by atoms with Gasteiger partial charge >= 0.3 is 0 Å². The van der Waals surface area contributed by atoms with Crippen LogP contribution in [0.25, 0.3) is 0 Å². The van der Waals surface area contributed by atoms with Gasteiger partial charge in [0.2, 0.25) is 17.7 Å². The summed E-state index contributed by atoms with van der Waals surface area (Å²) in [5.41, 5.74) is 0.579. The molecule has 1 aromatic heterocycles. The number of hydrogen-bond acceptors (Lipinski definition) is 5. The maximum atomic E-state index is 13.7. The van der Waals surface area contributed by atoms with Gasteiger partial charge in [-0.15, -0.1) is 11.3 Å². The molecule has 7 nitrogen and oxygen atoms in total. The lowest BCUT2D eigenvalue weighted by atomic mass is 9.88. The highest BCUT2D eigenvalue weighted by atomic mass is 32.1. The number of nitrogens with zero attached hydrogens (tertiary/aromatic N) is 2. The molecule has 1 fully saturated rings. The second-order valence-corrected chi connectivity index (χ2v) is 9.15. The molecule has 32 heavy (non-hydrogen) atoms. The molecule has 1 aromatic carbocycles. The number of halogens is 1. The third-order valence-corrected chi connectivity index (χ3v) is 6.27. The van der Waals surface area contributed by atoms with E-state index in [1.165, 1.54) is 23.5 Å². The summed E-state index contributed by atoms with van der Waals surface area (Å²) in [6.07, 6.45) is 5.00. The van der Waals surface area contributed by atoms with E-state index in [2.05, 4.69) is 15.6 Å². The highest BCUT2D eigenvalue weighted by molar-refractivity contribution is 7.13. The number of aromatic nitrogens is 1. The van der Waals surface area contributed by atoms with Crippen LogP contribution in [0.3, 0.4) is 0 Å². The first-order valence-electron chi connectivity index (χ1n) is 10.9. The molecular formula is C23H29FN4O3S. The number of hydrogen-bond donors (Lipinski definition) is 2. The van der Waals surface area contributed by atoms with E-state index in [9.17, 15) is 18.8 Å². The second kappa shape index (κ2) is 11.2. The van der Waals surface area contributed by atoms with Crippen molar-refractivity contribution in [3.05, 3.63) is 41.2 Å². The minimum atomic E-state index is -0.510. The Morgan fingerprint density at radius 1 is 1.12 bits per heavy atom. The fourth-order valence-corrected chi connectivity index (χ4v) is 4.51. The molecule has 2 aromatic rings. The van der Waals surface area contributed by atoms with Crippen molar-refractivity contribution in [3.8, 4) is 0 Å².